The van der Waals surface area contributed by atoms with E-state index in [0.717, 1.165) is 29.8 Å². The maximum Gasteiger partial charge on any atom is 0.256 e. The van der Waals surface area contributed by atoms with Gasteiger partial charge in [-0.25, -0.2) is 4.68 Å². The standard InChI is InChI=1S/C25H26N6O2/c1-18-5-10-23(19(2)15-18)25(33)29-21-16-28-31(17-21)22-8-6-20(7-9-22)24(32)26-11-3-13-30-14-4-12-27-30/h4-10,12,14-17H,3,11,13H2,1-2H3,(H,26,32)(H,29,33). The Kier molecular flexibility index (Phi) is 6.64. The van der Waals surface area contributed by atoms with Crippen molar-refractivity contribution in [2.24, 2.45) is 0 Å². The van der Waals surface area contributed by atoms with Gasteiger partial charge in [-0.05, 0) is 62.2 Å². The zero-order valence-corrected chi connectivity index (χ0v) is 18.7. The van der Waals surface area contributed by atoms with E-state index in [1.54, 1.807) is 35.4 Å². The molecule has 0 fully saturated rings. The Morgan fingerprint density at radius 3 is 2.55 bits per heavy atom. The van der Waals surface area contributed by atoms with Crippen molar-refractivity contribution in [3.05, 3.63) is 95.6 Å². The quantitative estimate of drug-likeness (QED) is 0.406. The minimum Gasteiger partial charge on any atom is -0.352 e. The van der Waals surface area contributed by atoms with Crippen LogP contribution in [0.5, 0.6) is 0 Å². The molecule has 0 saturated carbocycles. The molecule has 0 aliphatic carbocycles. The van der Waals surface area contributed by atoms with Crippen molar-refractivity contribution in [3.63, 3.8) is 0 Å². The molecule has 2 aromatic carbocycles. The monoisotopic (exact) mass is 442 g/mol. The average Bonchev–Trinajstić information content (AvgIpc) is 3.49. The molecule has 4 aromatic rings. The number of nitrogens with one attached hydrogen (secondary N) is 2. The molecule has 0 radical (unpaired) electrons. The van der Waals surface area contributed by atoms with E-state index in [0.29, 0.717) is 23.4 Å². The van der Waals surface area contributed by atoms with Gasteiger partial charge < -0.3 is 10.6 Å². The Balaban J connectivity index is 1.32. The van der Waals surface area contributed by atoms with Crippen LogP contribution in [0.2, 0.25) is 0 Å². The molecular formula is C25H26N6O2. The number of hydrogen-bond acceptors (Lipinski definition) is 4. The average molecular weight is 443 g/mol. The van der Waals surface area contributed by atoms with Crippen LogP contribution >= 0.6 is 0 Å². The highest BCUT2D eigenvalue weighted by molar-refractivity contribution is 6.05. The third kappa shape index (κ3) is 5.54. The maximum absolute atomic E-state index is 12.6. The van der Waals surface area contributed by atoms with E-state index in [2.05, 4.69) is 20.8 Å². The van der Waals surface area contributed by atoms with Crippen LogP contribution < -0.4 is 10.6 Å². The van der Waals surface area contributed by atoms with Gasteiger partial charge in [0.1, 0.15) is 0 Å². The SMILES string of the molecule is Cc1ccc(C(=O)Nc2cnn(-c3ccc(C(=O)NCCCn4cccn4)cc3)c2)c(C)c1. The molecular weight excluding hydrogens is 416 g/mol. The Labute approximate surface area is 192 Å². The topological polar surface area (TPSA) is 93.8 Å². The summed E-state index contributed by atoms with van der Waals surface area (Å²) >= 11 is 0. The summed E-state index contributed by atoms with van der Waals surface area (Å²) in [7, 11) is 0. The van der Waals surface area contributed by atoms with E-state index in [-0.39, 0.29) is 11.8 Å². The summed E-state index contributed by atoms with van der Waals surface area (Å²) in [5.41, 5.74) is 4.64. The molecule has 0 atom stereocenters. The fraction of sp³-hybridized carbons (Fsp3) is 0.200. The van der Waals surface area contributed by atoms with Crippen LogP contribution in [0.1, 0.15) is 38.3 Å². The molecule has 0 aliphatic heterocycles. The molecule has 0 spiro atoms. The zero-order valence-electron chi connectivity index (χ0n) is 18.7. The molecule has 33 heavy (non-hydrogen) atoms. The van der Waals surface area contributed by atoms with Crippen molar-refractivity contribution in [1.82, 2.24) is 24.9 Å². The van der Waals surface area contributed by atoms with Gasteiger partial charge >= 0.3 is 0 Å². The lowest BCUT2D eigenvalue weighted by Gasteiger charge is -2.07. The molecule has 8 nitrogen and oxygen atoms in total. The van der Waals surface area contributed by atoms with Crippen LogP contribution in [0.3, 0.4) is 0 Å². The number of anilines is 1. The largest absolute Gasteiger partial charge is 0.352 e. The van der Waals surface area contributed by atoms with Gasteiger partial charge in [-0.3, -0.25) is 14.3 Å². The minimum atomic E-state index is -0.174. The summed E-state index contributed by atoms with van der Waals surface area (Å²) in [5, 5.41) is 14.3. The number of nitrogens with zero attached hydrogens (tertiary/aromatic N) is 4. The second kappa shape index (κ2) is 9.95. The fourth-order valence-electron chi connectivity index (χ4n) is 3.54. The Bertz CT molecular complexity index is 1240. The van der Waals surface area contributed by atoms with Gasteiger partial charge in [0.15, 0.2) is 0 Å². The Morgan fingerprint density at radius 1 is 1.00 bits per heavy atom. The molecule has 0 unspecified atom stereocenters. The van der Waals surface area contributed by atoms with Crippen LogP contribution in [-0.2, 0) is 6.54 Å². The summed E-state index contributed by atoms with van der Waals surface area (Å²) in [5.74, 6) is -0.296. The predicted octanol–water partition coefficient (Wildman–Crippen LogP) is 3.76. The number of aromatic nitrogens is 4. The lowest BCUT2D eigenvalue weighted by molar-refractivity contribution is 0.0951. The van der Waals surface area contributed by atoms with E-state index in [9.17, 15) is 9.59 Å². The van der Waals surface area contributed by atoms with Crippen molar-refractivity contribution in [2.45, 2.75) is 26.8 Å². The number of hydrogen-bond donors (Lipinski definition) is 2. The van der Waals surface area contributed by atoms with Crippen LogP contribution in [-0.4, -0.2) is 37.9 Å². The lowest BCUT2D eigenvalue weighted by Crippen LogP contribution is -2.25. The lowest BCUT2D eigenvalue weighted by atomic mass is 10.1. The van der Waals surface area contributed by atoms with E-state index in [4.69, 9.17) is 0 Å². The van der Waals surface area contributed by atoms with Crippen molar-refractivity contribution in [3.8, 4) is 5.69 Å². The maximum atomic E-state index is 12.6. The molecule has 0 bridgehead atoms. The number of aryl methyl sites for hydroxylation is 3. The second-order valence-electron chi connectivity index (χ2n) is 7.87. The van der Waals surface area contributed by atoms with Gasteiger partial charge in [0, 0.05) is 36.6 Å². The minimum absolute atomic E-state index is 0.121. The van der Waals surface area contributed by atoms with Crippen molar-refractivity contribution < 1.29 is 9.59 Å². The highest BCUT2D eigenvalue weighted by Gasteiger charge is 2.11. The Hall–Kier alpha value is -4.20. The number of carbonyl (C=O) groups excluding carboxylic acids is 2. The fourth-order valence-corrected chi connectivity index (χ4v) is 3.54. The predicted molar refractivity (Wildman–Crippen MR) is 127 cm³/mol. The summed E-state index contributed by atoms with van der Waals surface area (Å²) in [4.78, 5) is 24.9. The van der Waals surface area contributed by atoms with E-state index < -0.39 is 0 Å². The van der Waals surface area contributed by atoms with Crippen LogP contribution in [0, 0.1) is 13.8 Å². The van der Waals surface area contributed by atoms with Gasteiger partial charge in [0.2, 0.25) is 0 Å². The highest BCUT2D eigenvalue weighted by Crippen LogP contribution is 2.16. The van der Waals surface area contributed by atoms with Gasteiger partial charge in [0.25, 0.3) is 11.8 Å². The first kappa shape index (κ1) is 22.0. The van der Waals surface area contributed by atoms with E-state index >= 15 is 0 Å². The summed E-state index contributed by atoms with van der Waals surface area (Å²) in [6, 6.07) is 14.8. The zero-order chi connectivity index (χ0) is 23.2. The van der Waals surface area contributed by atoms with Crippen LogP contribution in [0.4, 0.5) is 5.69 Å². The third-order valence-electron chi connectivity index (χ3n) is 5.27. The second-order valence-corrected chi connectivity index (χ2v) is 7.87. The van der Waals surface area contributed by atoms with Crippen LogP contribution in [0.15, 0.2) is 73.3 Å². The molecule has 2 aromatic heterocycles. The molecule has 8 heteroatoms. The smallest absolute Gasteiger partial charge is 0.256 e. The van der Waals surface area contributed by atoms with Gasteiger partial charge in [-0.1, -0.05) is 17.7 Å². The van der Waals surface area contributed by atoms with Crippen molar-refractivity contribution in [1.29, 1.82) is 0 Å². The first-order valence-electron chi connectivity index (χ1n) is 10.8. The van der Waals surface area contributed by atoms with Gasteiger partial charge in [-0.2, -0.15) is 10.2 Å². The molecule has 0 aliphatic rings. The molecule has 4 rings (SSSR count). The third-order valence-corrected chi connectivity index (χ3v) is 5.27. The summed E-state index contributed by atoms with van der Waals surface area (Å²) in [6.07, 6.45) is 7.78. The molecule has 2 amide bonds. The van der Waals surface area contributed by atoms with Gasteiger partial charge in [-0.15, -0.1) is 0 Å². The molecule has 168 valence electrons. The van der Waals surface area contributed by atoms with E-state index in [1.165, 1.54) is 0 Å². The van der Waals surface area contributed by atoms with E-state index in [1.807, 2.05) is 61.1 Å². The number of amides is 2. The van der Waals surface area contributed by atoms with Crippen molar-refractivity contribution >= 4 is 17.5 Å². The first-order valence-corrected chi connectivity index (χ1v) is 10.8. The molecule has 2 heterocycles. The van der Waals surface area contributed by atoms with Crippen molar-refractivity contribution in [2.75, 3.05) is 11.9 Å². The number of benzene rings is 2. The Morgan fingerprint density at radius 2 is 1.82 bits per heavy atom. The number of rotatable bonds is 8. The number of carbonyl (C=O) groups is 2. The summed E-state index contributed by atoms with van der Waals surface area (Å²) in [6.45, 7) is 5.25. The molecule has 0 saturated heterocycles. The molecule has 2 N–H and O–H groups in total. The van der Waals surface area contributed by atoms with Crippen LogP contribution in [0.25, 0.3) is 5.69 Å². The highest BCUT2D eigenvalue weighted by atomic mass is 16.2. The van der Waals surface area contributed by atoms with Gasteiger partial charge in [0.05, 0.1) is 23.8 Å². The normalized spacial score (nSPS) is 10.7. The first-order chi connectivity index (χ1) is 16.0. The summed E-state index contributed by atoms with van der Waals surface area (Å²) < 4.78 is 3.49.